The number of aliphatic imine (C=N–C) groups is 1. The Morgan fingerprint density at radius 1 is 1.07 bits per heavy atom. The van der Waals surface area contributed by atoms with Crippen LogP contribution in [0.3, 0.4) is 0 Å². The van der Waals surface area contributed by atoms with E-state index >= 15 is 0 Å². The minimum atomic E-state index is 0.217. The largest absolute Gasteiger partial charge is 0.379 e. The Balaban J connectivity index is 1.34. The molecule has 0 radical (unpaired) electrons. The molecule has 4 fully saturated rings. The van der Waals surface area contributed by atoms with Gasteiger partial charge in [-0.2, -0.15) is 0 Å². The van der Waals surface area contributed by atoms with E-state index in [-0.39, 0.29) is 11.6 Å². The molecule has 0 amide bonds. The van der Waals surface area contributed by atoms with Gasteiger partial charge in [0.15, 0.2) is 5.96 Å². The summed E-state index contributed by atoms with van der Waals surface area (Å²) in [7, 11) is 0. The van der Waals surface area contributed by atoms with Gasteiger partial charge in [-0.3, -0.25) is 14.8 Å². The predicted octanol–water partition coefficient (Wildman–Crippen LogP) is 1.44. The third kappa shape index (κ3) is 5.43. The fourth-order valence-electron chi connectivity index (χ4n) is 5.61. The zero-order valence-corrected chi connectivity index (χ0v) is 18.3. The molecule has 4 aliphatic rings. The number of fused-ring (bicyclic) bond motifs is 1. The quantitative estimate of drug-likeness (QED) is 0.513. The van der Waals surface area contributed by atoms with Crippen LogP contribution in [0.2, 0.25) is 0 Å². The molecule has 3 saturated heterocycles. The number of morpholine rings is 2. The molecule has 2 atom stereocenters. The molecule has 2 unspecified atom stereocenters. The second kappa shape index (κ2) is 10.4. The van der Waals surface area contributed by atoms with E-state index in [1.54, 1.807) is 0 Å². The first-order chi connectivity index (χ1) is 14.3. The minimum Gasteiger partial charge on any atom is -0.379 e. The van der Waals surface area contributed by atoms with Crippen LogP contribution < -0.4 is 10.6 Å². The van der Waals surface area contributed by atoms with Crippen molar-refractivity contribution in [1.82, 2.24) is 20.4 Å². The maximum absolute atomic E-state index is 6.12. The smallest absolute Gasteiger partial charge is 0.191 e. The van der Waals surface area contributed by atoms with E-state index in [4.69, 9.17) is 14.5 Å². The molecule has 0 aromatic heterocycles. The summed E-state index contributed by atoms with van der Waals surface area (Å²) in [4.78, 5) is 10.4. The molecule has 3 aliphatic heterocycles. The molecule has 1 saturated carbocycles. The van der Waals surface area contributed by atoms with Gasteiger partial charge < -0.3 is 20.1 Å². The maximum atomic E-state index is 6.12. The molecule has 1 aliphatic carbocycles. The molecule has 29 heavy (non-hydrogen) atoms. The molecule has 3 heterocycles. The Morgan fingerprint density at radius 3 is 2.69 bits per heavy atom. The normalized spacial score (nSPS) is 31.4. The molecular weight excluding hydrogens is 366 g/mol. The van der Waals surface area contributed by atoms with Crippen molar-refractivity contribution in [3.8, 4) is 0 Å². The van der Waals surface area contributed by atoms with Crippen LogP contribution in [0.4, 0.5) is 0 Å². The molecule has 2 N–H and O–H groups in total. The van der Waals surface area contributed by atoms with E-state index in [1.807, 2.05) is 0 Å². The summed E-state index contributed by atoms with van der Waals surface area (Å²) >= 11 is 0. The van der Waals surface area contributed by atoms with Crippen LogP contribution in [-0.4, -0.2) is 99.1 Å². The highest BCUT2D eigenvalue weighted by molar-refractivity contribution is 5.79. The van der Waals surface area contributed by atoms with Crippen molar-refractivity contribution >= 4 is 5.96 Å². The second-order valence-electron chi connectivity index (χ2n) is 9.21. The molecule has 0 aromatic rings. The van der Waals surface area contributed by atoms with Crippen molar-refractivity contribution in [1.29, 1.82) is 0 Å². The number of nitrogens with zero attached hydrogens (tertiary/aromatic N) is 3. The lowest BCUT2D eigenvalue weighted by Gasteiger charge is -2.47. The Bertz CT molecular complexity index is 531. The lowest BCUT2D eigenvalue weighted by Crippen LogP contribution is -2.57. The zero-order chi connectivity index (χ0) is 19.9. The predicted molar refractivity (Wildman–Crippen MR) is 117 cm³/mol. The Hall–Kier alpha value is -0.890. The van der Waals surface area contributed by atoms with E-state index in [1.165, 1.54) is 51.5 Å². The third-order valence-electron chi connectivity index (χ3n) is 7.30. The molecule has 0 aromatic carbocycles. The highest BCUT2D eigenvalue weighted by Gasteiger charge is 2.38. The van der Waals surface area contributed by atoms with Gasteiger partial charge in [0.1, 0.15) is 0 Å². The topological polar surface area (TPSA) is 61.4 Å². The van der Waals surface area contributed by atoms with E-state index in [0.29, 0.717) is 6.04 Å². The van der Waals surface area contributed by atoms with E-state index < -0.39 is 0 Å². The van der Waals surface area contributed by atoms with Gasteiger partial charge in [-0.25, -0.2) is 0 Å². The summed E-state index contributed by atoms with van der Waals surface area (Å²) < 4.78 is 11.7. The highest BCUT2D eigenvalue weighted by atomic mass is 16.5. The van der Waals surface area contributed by atoms with Crippen LogP contribution in [0.25, 0.3) is 0 Å². The Morgan fingerprint density at radius 2 is 1.90 bits per heavy atom. The van der Waals surface area contributed by atoms with Crippen LogP contribution in [0.15, 0.2) is 4.99 Å². The van der Waals surface area contributed by atoms with Crippen LogP contribution in [0.1, 0.15) is 51.9 Å². The van der Waals surface area contributed by atoms with E-state index in [2.05, 4.69) is 27.4 Å². The van der Waals surface area contributed by atoms with E-state index in [0.717, 1.165) is 65.0 Å². The van der Waals surface area contributed by atoms with Crippen molar-refractivity contribution in [3.05, 3.63) is 0 Å². The van der Waals surface area contributed by atoms with Crippen LogP contribution >= 0.6 is 0 Å². The summed E-state index contributed by atoms with van der Waals surface area (Å²) in [5, 5.41) is 7.03. The Labute approximate surface area is 176 Å². The zero-order valence-electron chi connectivity index (χ0n) is 18.3. The lowest BCUT2D eigenvalue weighted by atomic mass is 9.80. The van der Waals surface area contributed by atoms with Gasteiger partial charge in [0.25, 0.3) is 0 Å². The van der Waals surface area contributed by atoms with Gasteiger partial charge in [0, 0.05) is 44.3 Å². The summed E-state index contributed by atoms with van der Waals surface area (Å²) in [5.74, 6) is 0.942. The first kappa shape index (κ1) is 21.3. The second-order valence-corrected chi connectivity index (χ2v) is 9.21. The molecule has 4 rings (SSSR count). The SMILES string of the molecule is CCNC(=NCC1(N2CCOCC2)CCCCC1)NCC1CN2CCCC2CO1. The van der Waals surface area contributed by atoms with Crippen molar-refractivity contribution in [2.24, 2.45) is 4.99 Å². The molecule has 7 heteroatoms. The van der Waals surface area contributed by atoms with Gasteiger partial charge in [0.05, 0.1) is 32.5 Å². The molecule has 0 bridgehead atoms. The number of rotatable bonds is 6. The number of nitrogens with one attached hydrogen (secondary N) is 2. The summed E-state index contributed by atoms with van der Waals surface area (Å²) in [6, 6.07) is 0.660. The minimum absolute atomic E-state index is 0.217. The van der Waals surface area contributed by atoms with Crippen molar-refractivity contribution < 1.29 is 9.47 Å². The molecular formula is C22H41N5O2. The monoisotopic (exact) mass is 407 g/mol. The van der Waals surface area contributed by atoms with E-state index in [9.17, 15) is 0 Å². The van der Waals surface area contributed by atoms with Crippen LogP contribution in [0, 0.1) is 0 Å². The average molecular weight is 408 g/mol. The Kier molecular flexibility index (Phi) is 7.67. The lowest BCUT2D eigenvalue weighted by molar-refractivity contribution is -0.0453. The standard InChI is InChI=1S/C22H41N5O2/c1-2-23-21(24-15-20-16-26-10-6-7-19(26)17-29-20)25-18-22(8-4-3-5-9-22)27-11-13-28-14-12-27/h19-20H,2-18H2,1H3,(H2,23,24,25). The fourth-order valence-corrected chi connectivity index (χ4v) is 5.61. The van der Waals surface area contributed by atoms with Crippen LogP contribution in [0.5, 0.6) is 0 Å². The molecule has 7 nitrogen and oxygen atoms in total. The van der Waals surface area contributed by atoms with Gasteiger partial charge in [-0.1, -0.05) is 19.3 Å². The van der Waals surface area contributed by atoms with Crippen molar-refractivity contribution in [3.63, 3.8) is 0 Å². The highest BCUT2D eigenvalue weighted by Crippen LogP contribution is 2.34. The third-order valence-corrected chi connectivity index (χ3v) is 7.30. The summed E-state index contributed by atoms with van der Waals surface area (Å²) in [6.07, 6.45) is 9.42. The first-order valence-electron chi connectivity index (χ1n) is 12.0. The van der Waals surface area contributed by atoms with Crippen molar-refractivity contribution in [2.75, 3.05) is 65.6 Å². The number of hydrogen-bond acceptors (Lipinski definition) is 5. The van der Waals surface area contributed by atoms with Gasteiger partial charge >= 0.3 is 0 Å². The average Bonchev–Trinajstić information content (AvgIpc) is 3.25. The number of hydrogen-bond donors (Lipinski definition) is 2. The number of guanidine groups is 1. The summed E-state index contributed by atoms with van der Waals surface area (Å²) in [6.45, 7) is 11.7. The van der Waals surface area contributed by atoms with Crippen LogP contribution in [-0.2, 0) is 9.47 Å². The first-order valence-corrected chi connectivity index (χ1v) is 12.0. The van der Waals surface area contributed by atoms with Crippen molar-refractivity contribution in [2.45, 2.75) is 69.6 Å². The molecule has 0 spiro atoms. The molecule has 166 valence electrons. The van der Waals surface area contributed by atoms with Gasteiger partial charge in [0.2, 0.25) is 0 Å². The number of ether oxygens (including phenoxy) is 2. The fraction of sp³-hybridized carbons (Fsp3) is 0.955. The van der Waals surface area contributed by atoms with Gasteiger partial charge in [-0.05, 0) is 39.2 Å². The van der Waals surface area contributed by atoms with Gasteiger partial charge in [-0.15, -0.1) is 0 Å². The maximum Gasteiger partial charge on any atom is 0.191 e. The summed E-state index contributed by atoms with van der Waals surface area (Å²) in [5.41, 5.74) is 0.217.